The minimum absolute atomic E-state index is 0.195. The third kappa shape index (κ3) is 8.15. The van der Waals surface area contributed by atoms with Gasteiger partial charge < -0.3 is 34.5 Å². The lowest BCUT2D eigenvalue weighted by Gasteiger charge is -2.19. The molecule has 6 N–H and O–H groups in total. The summed E-state index contributed by atoms with van der Waals surface area (Å²) in [7, 11) is -16.9. The second-order valence-corrected chi connectivity index (χ2v) is 13.8. The number of hydrogen-bond donors (Lipinski definition) is 6. The first kappa shape index (κ1) is 32.0. The smallest absolute Gasteiger partial charge is 0.387 e. The van der Waals surface area contributed by atoms with Crippen molar-refractivity contribution in [3.8, 4) is 0 Å². The molecular formula is C20H28N3O15P3. The van der Waals surface area contributed by atoms with Gasteiger partial charge in [-0.1, -0.05) is 12.8 Å². The van der Waals surface area contributed by atoms with Gasteiger partial charge in [0, 0.05) is 18.5 Å². The Morgan fingerprint density at radius 2 is 1.66 bits per heavy atom. The second kappa shape index (κ2) is 12.4. The fourth-order valence-electron chi connectivity index (χ4n) is 4.70. The van der Waals surface area contributed by atoms with Crippen LogP contribution in [0.15, 0.2) is 40.2 Å². The Bertz CT molecular complexity index is 1520. The lowest BCUT2D eigenvalue weighted by atomic mass is 9.98. The zero-order valence-electron chi connectivity index (χ0n) is 21.1. The van der Waals surface area contributed by atoms with Crippen LogP contribution in [-0.4, -0.2) is 68.8 Å². The first-order valence-electron chi connectivity index (χ1n) is 12.1. The fourth-order valence-corrected chi connectivity index (χ4v) is 7.73. The summed E-state index contributed by atoms with van der Waals surface area (Å²) in [5.74, 6) is 0.367. The van der Waals surface area contributed by atoms with Crippen molar-refractivity contribution in [2.24, 2.45) is 0 Å². The Kier molecular flexibility index (Phi) is 9.68. The summed E-state index contributed by atoms with van der Waals surface area (Å²) in [5, 5.41) is 20.9. The third-order valence-corrected chi connectivity index (χ3v) is 10.3. The Morgan fingerprint density at radius 1 is 0.976 bits per heavy atom. The number of pyridine rings is 1. The van der Waals surface area contributed by atoms with E-state index in [1.165, 1.54) is 0 Å². The molecule has 2 fully saturated rings. The summed E-state index contributed by atoms with van der Waals surface area (Å²) in [6.07, 6.45) is 0.0574. The van der Waals surface area contributed by atoms with E-state index in [4.69, 9.17) is 14.5 Å². The minimum Gasteiger partial charge on any atom is -0.387 e. The van der Waals surface area contributed by atoms with Crippen LogP contribution in [0, 0.1) is 0 Å². The highest BCUT2D eigenvalue weighted by atomic mass is 31.3. The van der Waals surface area contributed by atoms with Crippen molar-refractivity contribution in [2.45, 2.75) is 62.7 Å². The Balaban J connectivity index is 1.48. The monoisotopic (exact) mass is 643 g/mol. The van der Waals surface area contributed by atoms with Crippen molar-refractivity contribution >= 4 is 23.5 Å². The van der Waals surface area contributed by atoms with E-state index in [0.717, 1.165) is 52.6 Å². The van der Waals surface area contributed by atoms with E-state index in [9.17, 15) is 43.3 Å². The quantitative estimate of drug-likeness (QED) is 0.177. The average Bonchev–Trinajstić information content (AvgIpc) is 3.48. The van der Waals surface area contributed by atoms with Crippen molar-refractivity contribution in [2.75, 3.05) is 6.61 Å². The van der Waals surface area contributed by atoms with Crippen LogP contribution in [0.1, 0.15) is 49.1 Å². The Morgan fingerprint density at radius 3 is 2.32 bits per heavy atom. The van der Waals surface area contributed by atoms with Crippen molar-refractivity contribution in [1.29, 1.82) is 0 Å². The van der Waals surface area contributed by atoms with Crippen LogP contribution >= 0.6 is 23.5 Å². The zero-order chi connectivity index (χ0) is 30.2. The van der Waals surface area contributed by atoms with E-state index in [1.807, 2.05) is 12.1 Å². The van der Waals surface area contributed by atoms with Crippen LogP contribution in [0.25, 0.3) is 0 Å². The molecule has 0 amide bonds. The highest BCUT2D eigenvalue weighted by molar-refractivity contribution is 7.66. The number of phosphoric acid groups is 3. The standard InChI is InChI=1S/C20H28N3O15P3/c24-16-6-8-22(20(27)23(16)10-14-9-13(5-7-21-14)12-3-1-2-4-12)19-18(26)17(25)15(36-19)11-35-40(31,32)38-41(33,34)37-39(28,29)30/h5-9,12,15,17-19,25-26H,1-4,10-11H2,(H,31,32)(H,33,34)(H2,28,29,30)/t15-,17+,18?,19-/m1/s1. The predicted molar refractivity (Wildman–Crippen MR) is 135 cm³/mol. The van der Waals surface area contributed by atoms with Gasteiger partial charge in [0.05, 0.1) is 18.8 Å². The molecule has 0 radical (unpaired) electrons. The molecule has 0 spiro atoms. The molecule has 228 valence electrons. The van der Waals surface area contributed by atoms with Crippen molar-refractivity contribution in [3.63, 3.8) is 0 Å². The average molecular weight is 643 g/mol. The van der Waals surface area contributed by atoms with E-state index in [2.05, 4.69) is 18.1 Å². The lowest BCUT2D eigenvalue weighted by Crippen LogP contribution is -2.43. The van der Waals surface area contributed by atoms with E-state index in [1.54, 1.807) is 6.20 Å². The van der Waals surface area contributed by atoms with Gasteiger partial charge in [0.1, 0.15) is 18.3 Å². The van der Waals surface area contributed by atoms with Gasteiger partial charge in [0.2, 0.25) is 0 Å². The van der Waals surface area contributed by atoms with Gasteiger partial charge in [0.15, 0.2) is 6.23 Å². The number of phosphoric ester groups is 1. The van der Waals surface area contributed by atoms with Crippen LogP contribution < -0.4 is 11.2 Å². The molecular weight excluding hydrogens is 615 g/mol. The number of aromatic nitrogens is 3. The number of aliphatic hydroxyl groups excluding tert-OH is 2. The minimum atomic E-state index is -5.78. The molecule has 1 aliphatic heterocycles. The molecule has 2 aromatic heterocycles. The number of nitrogens with zero attached hydrogens (tertiary/aromatic N) is 3. The van der Waals surface area contributed by atoms with Gasteiger partial charge in [-0.05, 0) is 36.5 Å². The molecule has 0 aromatic carbocycles. The number of ether oxygens (including phenoxy) is 1. The van der Waals surface area contributed by atoms with Gasteiger partial charge in [0.25, 0.3) is 5.56 Å². The van der Waals surface area contributed by atoms with Crippen LogP contribution in [0.5, 0.6) is 0 Å². The predicted octanol–water partition coefficient (Wildman–Crippen LogP) is 0.0734. The molecule has 3 unspecified atom stereocenters. The molecule has 1 saturated heterocycles. The molecule has 41 heavy (non-hydrogen) atoms. The van der Waals surface area contributed by atoms with E-state index in [0.29, 0.717) is 11.6 Å². The Labute approximate surface area is 231 Å². The summed E-state index contributed by atoms with van der Waals surface area (Å²) in [4.78, 5) is 66.1. The molecule has 0 bridgehead atoms. The number of aliphatic hydroxyl groups is 2. The molecule has 2 aliphatic rings. The van der Waals surface area contributed by atoms with E-state index >= 15 is 0 Å². The summed E-state index contributed by atoms with van der Waals surface area (Å²) in [6, 6.07) is 4.74. The van der Waals surface area contributed by atoms with Gasteiger partial charge in [-0.3, -0.25) is 23.4 Å². The van der Waals surface area contributed by atoms with Gasteiger partial charge >= 0.3 is 29.2 Å². The maximum atomic E-state index is 13.2. The molecule has 3 heterocycles. The molecule has 4 rings (SSSR count). The molecule has 21 heteroatoms. The van der Waals surface area contributed by atoms with Crippen LogP contribution in [0.2, 0.25) is 0 Å². The second-order valence-electron chi connectivity index (χ2n) is 9.42. The van der Waals surface area contributed by atoms with Crippen molar-refractivity contribution in [3.05, 3.63) is 62.7 Å². The van der Waals surface area contributed by atoms with Crippen molar-refractivity contribution in [1.82, 2.24) is 14.1 Å². The fraction of sp³-hybridized carbons (Fsp3) is 0.550. The largest absolute Gasteiger partial charge is 0.490 e. The van der Waals surface area contributed by atoms with Gasteiger partial charge in [-0.15, -0.1) is 0 Å². The summed E-state index contributed by atoms with van der Waals surface area (Å²) >= 11 is 0. The first-order chi connectivity index (χ1) is 19.1. The molecule has 6 atom stereocenters. The van der Waals surface area contributed by atoms with Gasteiger partial charge in [-0.2, -0.15) is 8.62 Å². The maximum absolute atomic E-state index is 13.2. The van der Waals surface area contributed by atoms with Gasteiger partial charge in [-0.25, -0.2) is 18.5 Å². The molecule has 1 saturated carbocycles. The van der Waals surface area contributed by atoms with Crippen LogP contribution in [0.3, 0.4) is 0 Å². The summed E-state index contributed by atoms with van der Waals surface area (Å²) in [5.41, 5.74) is -0.0895. The number of hydrogen-bond acceptors (Lipinski definition) is 12. The van der Waals surface area contributed by atoms with Crippen LogP contribution in [-0.2, 0) is 38.1 Å². The zero-order valence-corrected chi connectivity index (χ0v) is 23.7. The molecule has 18 nitrogen and oxygen atoms in total. The maximum Gasteiger partial charge on any atom is 0.490 e. The topological polar surface area (TPSA) is 266 Å². The SMILES string of the molecule is O=c1ccn([C@@H]2O[C@H](COP(=O)(O)OP(=O)(O)OP(=O)(O)O)[C@H](O)C2O)c(=O)n1Cc1cc(C2CCCC2)ccn1. The lowest BCUT2D eigenvalue weighted by molar-refractivity contribution is -0.0547. The van der Waals surface area contributed by atoms with Crippen LogP contribution in [0.4, 0.5) is 0 Å². The molecule has 2 aromatic rings. The highest BCUT2D eigenvalue weighted by Gasteiger charge is 2.47. The highest BCUT2D eigenvalue weighted by Crippen LogP contribution is 2.66. The summed E-state index contributed by atoms with van der Waals surface area (Å²) in [6.45, 7) is -1.26. The first-order valence-corrected chi connectivity index (χ1v) is 16.6. The summed E-state index contributed by atoms with van der Waals surface area (Å²) < 4.78 is 52.9. The number of rotatable bonds is 11. The van der Waals surface area contributed by atoms with E-state index in [-0.39, 0.29) is 6.54 Å². The third-order valence-electron chi connectivity index (χ3n) is 6.51. The van der Waals surface area contributed by atoms with Crippen molar-refractivity contribution < 1.29 is 61.4 Å². The normalized spacial score (nSPS) is 26.6. The molecule has 1 aliphatic carbocycles. The Hall–Kier alpha value is -1.88. The van der Waals surface area contributed by atoms with E-state index < -0.39 is 65.9 Å².